The van der Waals surface area contributed by atoms with Gasteiger partial charge in [-0.1, -0.05) is 36.4 Å². The van der Waals surface area contributed by atoms with Crippen molar-refractivity contribution in [1.29, 1.82) is 0 Å². The van der Waals surface area contributed by atoms with Crippen LogP contribution < -0.4 is 10.2 Å². The molecule has 0 aromatic heterocycles. The average Bonchev–Trinajstić information content (AvgIpc) is 3.38. The molecular weight excluding hydrogens is 378 g/mol. The third kappa shape index (κ3) is 4.27. The van der Waals surface area contributed by atoms with Crippen LogP contribution in [0.3, 0.4) is 0 Å². The predicted octanol–water partition coefficient (Wildman–Crippen LogP) is 4.43. The number of ether oxygens (including phenoxy) is 1. The third-order valence-corrected chi connectivity index (χ3v) is 6.16. The lowest BCUT2D eigenvalue weighted by Gasteiger charge is -2.27. The van der Waals surface area contributed by atoms with Gasteiger partial charge in [-0.25, -0.2) is 9.59 Å². The third-order valence-electron chi connectivity index (χ3n) is 6.16. The topological polar surface area (TPSA) is 61.9 Å². The number of hydrogen-bond donors (Lipinski definition) is 1. The van der Waals surface area contributed by atoms with Crippen LogP contribution in [0.1, 0.15) is 42.5 Å². The zero-order valence-corrected chi connectivity index (χ0v) is 17.6. The second kappa shape index (κ2) is 8.78. The molecule has 6 nitrogen and oxygen atoms in total. The fraction of sp³-hybridized carbons (Fsp3) is 0.417. The van der Waals surface area contributed by atoms with Crippen molar-refractivity contribution in [3.05, 3.63) is 65.2 Å². The van der Waals surface area contributed by atoms with Gasteiger partial charge >= 0.3 is 12.1 Å². The Balaban J connectivity index is 1.37. The van der Waals surface area contributed by atoms with Crippen molar-refractivity contribution in [2.24, 2.45) is 0 Å². The Kier molecular flexibility index (Phi) is 5.93. The van der Waals surface area contributed by atoms with Crippen LogP contribution in [0.4, 0.5) is 15.3 Å². The summed E-state index contributed by atoms with van der Waals surface area (Å²) in [7, 11) is 0. The summed E-state index contributed by atoms with van der Waals surface area (Å²) >= 11 is 0. The number of benzene rings is 2. The molecule has 3 amide bonds. The number of likely N-dealkylation sites (tertiary alicyclic amines) is 1. The van der Waals surface area contributed by atoms with Gasteiger partial charge in [-0.15, -0.1) is 0 Å². The van der Waals surface area contributed by atoms with Crippen LogP contribution in [0.25, 0.3) is 0 Å². The van der Waals surface area contributed by atoms with E-state index >= 15 is 0 Å². The van der Waals surface area contributed by atoms with E-state index in [9.17, 15) is 9.59 Å². The van der Waals surface area contributed by atoms with Gasteiger partial charge in [0.05, 0.1) is 12.6 Å². The van der Waals surface area contributed by atoms with E-state index in [1.807, 2.05) is 36.1 Å². The SMILES string of the molecule is Cc1ccccc1CC1CCCN1C(=O)NC(C)c1ccc(N2CCOC2=O)cc1. The number of cyclic esters (lactones) is 1. The van der Waals surface area contributed by atoms with Crippen LogP contribution in [0.2, 0.25) is 0 Å². The Hall–Kier alpha value is -3.02. The molecule has 2 aliphatic heterocycles. The first kappa shape index (κ1) is 20.3. The normalized spacial score (nSPS) is 19.7. The van der Waals surface area contributed by atoms with Gasteiger partial charge in [0.2, 0.25) is 0 Å². The van der Waals surface area contributed by atoms with E-state index < -0.39 is 0 Å². The lowest BCUT2D eigenvalue weighted by molar-refractivity contribution is 0.181. The molecule has 0 saturated carbocycles. The summed E-state index contributed by atoms with van der Waals surface area (Å²) in [6.07, 6.45) is 2.67. The molecule has 6 heteroatoms. The minimum absolute atomic E-state index is 0.00854. The minimum atomic E-state index is -0.308. The second-order valence-corrected chi connectivity index (χ2v) is 8.15. The second-order valence-electron chi connectivity index (χ2n) is 8.15. The molecule has 2 atom stereocenters. The van der Waals surface area contributed by atoms with Crippen LogP contribution in [-0.2, 0) is 11.2 Å². The Bertz CT molecular complexity index is 912. The van der Waals surface area contributed by atoms with Gasteiger partial charge in [-0.3, -0.25) is 4.90 Å². The summed E-state index contributed by atoms with van der Waals surface area (Å²) in [5, 5.41) is 3.15. The molecule has 0 radical (unpaired) electrons. The Morgan fingerprint density at radius 3 is 2.63 bits per heavy atom. The fourth-order valence-electron chi connectivity index (χ4n) is 4.33. The molecule has 4 rings (SSSR count). The summed E-state index contributed by atoms with van der Waals surface area (Å²) < 4.78 is 4.99. The van der Waals surface area contributed by atoms with E-state index in [-0.39, 0.29) is 24.2 Å². The van der Waals surface area contributed by atoms with E-state index in [0.717, 1.165) is 37.1 Å². The van der Waals surface area contributed by atoms with Crippen molar-refractivity contribution in [3.8, 4) is 0 Å². The summed E-state index contributed by atoms with van der Waals surface area (Å²) in [5.74, 6) is 0. The molecule has 2 unspecified atom stereocenters. The van der Waals surface area contributed by atoms with Crippen molar-refractivity contribution in [2.75, 3.05) is 24.6 Å². The predicted molar refractivity (Wildman–Crippen MR) is 117 cm³/mol. The first-order valence-electron chi connectivity index (χ1n) is 10.7. The minimum Gasteiger partial charge on any atom is -0.447 e. The largest absolute Gasteiger partial charge is 0.447 e. The van der Waals surface area contributed by atoms with E-state index in [1.54, 1.807) is 4.90 Å². The van der Waals surface area contributed by atoms with Crippen molar-refractivity contribution in [1.82, 2.24) is 10.2 Å². The lowest BCUT2D eigenvalue weighted by Crippen LogP contribution is -2.44. The number of anilines is 1. The highest BCUT2D eigenvalue weighted by atomic mass is 16.6. The molecule has 2 fully saturated rings. The maximum atomic E-state index is 13.0. The molecule has 158 valence electrons. The standard InChI is InChI=1S/C24H29N3O3/c1-17-6-3-4-7-20(17)16-22-8-5-13-26(22)23(28)25-18(2)19-9-11-21(12-10-19)27-14-15-30-24(27)29/h3-4,6-7,9-12,18,22H,5,8,13-16H2,1-2H3,(H,25,28). The van der Waals surface area contributed by atoms with Gasteiger partial charge in [-0.2, -0.15) is 0 Å². The number of nitrogens with one attached hydrogen (secondary N) is 1. The lowest BCUT2D eigenvalue weighted by atomic mass is 10.00. The maximum Gasteiger partial charge on any atom is 0.414 e. The highest BCUT2D eigenvalue weighted by Crippen LogP contribution is 2.25. The van der Waals surface area contributed by atoms with Gasteiger partial charge in [0.25, 0.3) is 0 Å². The Morgan fingerprint density at radius 1 is 1.17 bits per heavy atom. The molecule has 30 heavy (non-hydrogen) atoms. The molecule has 2 aliphatic rings. The monoisotopic (exact) mass is 407 g/mol. The molecule has 2 aromatic carbocycles. The average molecular weight is 408 g/mol. The number of carbonyl (C=O) groups excluding carboxylic acids is 2. The summed E-state index contributed by atoms with van der Waals surface area (Å²) in [6.45, 7) is 5.91. The smallest absolute Gasteiger partial charge is 0.414 e. The van der Waals surface area contributed by atoms with Gasteiger partial charge in [0.15, 0.2) is 0 Å². The number of amides is 3. The molecule has 1 N–H and O–H groups in total. The van der Waals surface area contributed by atoms with Crippen LogP contribution in [-0.4, -0.2) is 42.8 Å². The Labute approximate surface area is 177 Å². The summed E-state index contributed by atoms with van der Waals surface area (Å²) in [4.78, 5) is 28.3. The highest BCUT2D eigenvalue weighted by Gasteiger charge is 2.30. The molecular formula is C24H29N3O3. The number of urea groups is 1. The number of rotatable bonds is 5. The van der Waals surface area contributed by atoms with Gasteiger partial charge < -0.3 is 15.0 Å². The van der Waals surface area contributed by atoms with Crippen LogP contribution in [0.15, 0.2) is 48.5 Å². The van der Waals surface area contributed by atoms with E-state index in [2.05, 4.69) is 36.5 Å². The molecule has 2 heterocycles. The van der Waals surface area contributed by atoms with Crippen molar-refractivity contribution >= 4 is 17.8 Å². The first-order chi connectivity index (χ1) is 14.5. The quantitative estimate of drug-likeness (QED) is 0.798. The highest BCUT2D eigenvalue weighted by molar-refractivity contribution is 5.89. The summed E-state index contributed by atoms with van der Waals surface area (Å²) in [5.41, 5.74) is 4.42. The zero-order valence-electron chi connectivity index (χ0n) is 17.6. The van der Waals surface area contributed by atoms with Gasteiger partial charge in [0.1, 0.15) is 6.61 Å². The van der Waals surface area contributed by atoms with E-state index in [0.29, 0.717) is 13.2 Å². The van der Waals surface area contributed by atoms with E-state index in [1.165, 1.54) is 11.1 Å². The first-order valence-corrected chi connectivity index (χ1v) is 10.7. The van der Waals surface area contributed by atoms with Gasteiger partial charge in [0, 0.05) is 18.3 Å². The van der Waals surface area contributed by atoms with Crippen molar-refractivity contribution < 1.29 is 14.3 Å². The Morgan fingerprint density at radius 2 is 1.93 bits per heavy atom. The molecule has 2 saturated heterocycles. The zero-order chi connectivity index (χ0) is 21.1. The summed E-state index contributed by atoms with van der Waals surface area (Å²) in [6, 6.07) is 16.2. The molecule has 0 spiro atoms. The maximum absolute atomic E-state index is 13.0. The van der Waals surface area contributed by atoms with Crippen LogP contribution in [0.5, 0.6) is 0 Å². The number of hydrogen-bond acceptors (Lipinski definition) is 3. The van der Waals surface area contributed by atoms with Crippen LogP contribution in [0, 0.1) is 6.92 Å². The van der Waals surface area contributed by atoms with E-state index in [4.69, 9.17) is 4.74 Å². The molecule has 2 aromatic rings. The number of carbonyl (C=O) groups is 2. The van der Waals surface area contributed by atoms with Crippen molar-refractivity contribution in [3.63, 3.8) is 0 Å². The van der Waals surface area contributed by atoms with Crippen molar-refractivity contribution in [2.45, 2.75) is 45.2 Å². The number of aryl methyl sites for hydroxylation is 1. The van der Waals surface area contributed by atoms with Gasteiger partial charge in [-0.05, 0) is 61.9 Å². The molecule has 0 bridgehead atoms. The van der Waals surface area contributed by atoms with Crippen LogP contribution >= 0.6 is 0 Å². The number of nitrogens with zero attached hydrogens (tertiary/aromatic N) is 2. The molecule has 0 aliphatic carbocycles. The fourth-order valence-corrected chi connectivity index (χ4v) is 4.33.